The highest BCUT2D eigenvalue weighted by Crippen LogP contribution is 2.37. The molecule has 0 fully saturated rings. The van der Waals surface area contributed by atoms with Crippen molar-refractivity contribution in [3.8, 4) is 0 Å². The molecular weight excluding hydrogens is 392 g/mol. The molecule has 6 heteroatoms. The molecule has 0 saturated carbocycles. The van der Waals surface area contributed by atoms with Gasteiger partial charge in [0.2, 0.25) is 0 Å². The molecule has 6 nitrogen and oxygen atoms in total. The van der Waals surface area contributed by atoms with Gasteiger partial charge in [-0.05, 0) is 69.4 Å². The number of rotatable bonds is 7. The number of ether oxygens (including phenoxy) is 2. The van der Waals surface area contributed by atoms with Crippen molar-refractivity contribution in [2.75, 3.05) is 13.2 Å². The fourth-order valence-electron chi connectivity index (χ4n) is 3.94. The van der Waals surface area contributed by atoms with Crippen molar-refractivity contribution in [2.24, 2.45) is 0 Å². The number of nitrogens with one attached hydrogen (secondary N) is 2. The Balaban J connectivity index is 2.22. The van der Waals surface area contributed by atoms with Gasteiger partial charge in [0.05, 0.1) is 19.1 Å². The second kappa shape index (κ2) is 9.25. The third kappa shape index (κ3) is 4.15. The van der Waals surface area contributed by atoms with Crippen molar-refractivity contribution in [3.05, 3.63) is 80.9 Å². The van der Waals surface area contributed by atoms with Crippen LogP contribution in [0.15, 0.2) is 30.3 Å². The lowest BCUT2D eigenvalue weighted by molar-refractivity contribution is 0.0510. The molecule has 0 aliphatic carbocycles. The monoisotopic (exact) mass is 422 g/mol. The molecule has 0 aliphatic heterocycles. The number of carbonyl (C=O) groups excluding carboxylic acids is 2. The normalized spacial score (nSPS) is 11.1. The van der Waals surface area contributed by atoms with Crippen LogP contribution < -0.4 is 0 Å². The molecule has 0 saturated heterocycles. The van der Waals surface area contributed by atoms with Crippen LogP contribution in [0.25, 0.3) is 0 Å². The minimum atomic E-state index is -0.368. The standard InChI is InChI=1S/C25H30N2O4/c1-7-30-24(28)22-16(5)14(3)20(26-22)19(18-12-10-9-11-13-18)21-15(4)17(6)23(27-21)25(29)31-8-2/h9-13,19,26-27H,7-8H2,1-6H3. The molecule has 2 aromatic heterocycles. The molecule has 2 N–H and O–H groups in total. The zero-order chi connectivity index (χ0) is 22.7. The van der Waals surface area contributed by atoms with Gasteiger partial charge in [0, 0.05) is 11.4 Å². The number of benzene rings is 1. The topological polar surface area (TPSA) is 84.2 Å². The highest BCUT2D eigenvalue weighted by Gasteiger charge is 2.30. The van der Waals surface area contributed by atoms with Crippen molar-refractivity contribution >= 4 is 11.9 Å². The van der Waals surface area contributed by atoms with E-state index in [1.165, 1.54) is 0 Å². The van der Waals surface area contributed by atoms with Crippen molar-refractivity contribution in [1.29, 1.82) is 0 Å². The second-order valence-electron chi connectivity index (χ2n) is 7.61. The van der Waals surface area contributed by atoms with Crippen LogP contribution in [-0.4, -0.2) is 35.1 Å². The Morgan fingerprint density at radius 3 is 1.55 bits per heavy atom. The Morgan fingerprint density at radius 2 is 1.16 bits per heavy atom. The van der Waals surface area contributed by atoms with Crippen LogP contribution >= 0.6 is 0 Å². The van der Waals surface area contributed by atoms with Crippen LogP contribution in [0, 0.1) is 27.7 Å². The summed E-state index contributed by atoms with van der Waals surface area (Å²) in [7, 11) is 0. The Labute approximate surface area is 183 Å². The Morgan fingerprint density at radius 1 is 0.742 bits per heavy atom. The Bertz CT molecular complexity index is 1020. The fraction of sp³-hybridized carbons (Fsp3) is 0.360. The quantitative estimate of drug-likeness (QED) is 0.518. The largest absolute Gasteiger partial charge is 0.461 e. The van der Waals surface area contributed by atoms with Gasteiger partial charge in [0.1, 0.15) is 11.4 Å². The van der Waals surface area contributed by atoms with E-state index in [1.54, 1.807) is 13.8 Å². The van der Waals surface area contributed by atoms with E-state index in [0.29, 0.717) is 24.6 Å². The molecule has 0 aliphatic rings. The summed E-state index contributed by atoms with van der Waals surface area (Å²) in [5.41, 5.74) is 7.45. The van der Waals surface area contributed by atoms with Crippen LogP contribution in [0.5, 0.6) is 0 Å². The van der Waals surface area contributed by atoms with E-state index in [1.807, 2.05) is 58.0 Å². The molecule has 0 bridgehead atoms. The molecule has 3 rings (SSSR count). The number of aromatic amines is 2. The lowest BCUT2D eigenvalue weighted by atomic mass is 9.88. The lowest BCUT2D eigenvalue weighted by Gasteiger charge is -2.18. The minimum Gasteiger partial charge on any atom is -0.461 e. The maximum absolute atomic E-state index is 12.5. The maximum atomic E-state index is 12.5. The summed E-state index contributed by atoms with van der Waals surface area (Å²) in [5, 5.41) is 0. The minimum absolute atomic E-state index is 0.218. The first-order valence-electron chi connectivity index (χ1n) is 10.6. The molecule has 0 amide bonds. The van der Waals surface area contributed by atoms with E-state index < -0.39 is 0 Å². The first kappa shape index (κ1) is 22.4. The van der Waals surface area contributed by atoms with E-state index in [4.69, 9.17) is 9.47 Å². The second-order valence-corrected chi connectivity index (χ2v) is 7.61. The smallest absolute Gasteiger partial charge is 0.355 e. The van der Waals surface area contributed by atoms with Gasteiger partial charge >= 0.3 is 11.9 Å². The van der Waals surface area contributed by atoms with E-state index in [2.05, 4.69) is 9.97 Å². The molecule has 1 aromatic carbocycles. The summed E-state index contributed by atoms with van der Waals surface area (Å²) in [5.74, 6) is -0.953. The first-order valence-corrected chi connectivity index (χ1v) is 10.6. The van der Waals surface area contributed by atoms with Gasteiger partial charge in [-0.15, -0.1) is 0 Å². The van der Waals surface area contributed by atoms with E-state index in [0.717, 1.165) is 39.2 Å². The van der Waals surface area contributed by atoms with Gasteiger partial charge in [-0.1, -0.05) is 30.3 Å². The number of carbonyl (C=O) groups is 2. The summed E-state index contributed by atoms with van der Waals surface area (Å²) in [6.45, 7) is 12.0. The SMILES string of the molecule is CCOC(=O)c1[nH]c(C(c2ccccc2)c2[nH]c(C(=O)OCC)c(C)c2C)c(C)c1C. The highest BCUT2D eigenvalue weighted by atomic mass is 16.5. The van der Waals surface area contributed by atoms with Crippen LogP contribution in [0.4, 0.5) is 0 Å². The van der Waals surface area contributed by atoms with Crippen LogP contribution in [0.3, 0.4) is 0 Å². The van der Waals surface area contributed by atoms with Crippen LogP contribution in [0.1, 0.15) is 79.9 Å². The van der Waals surface area contributed by atoms with Gasteiger partial charge in [-0.25, -0.2) is 9.59 Å². The molecule has 31 heavy (non-hydrogen) atoms. The van der Waals surface area contributed by atoms with Gasteiger partial charge in [0.15, 0.2) is 0 Å². The lowest BCUT2D eigenvalue weighted by Crippen LogP contribution is -2.10. The van der Waals surface area contributed by atoms with Crippen molar-refractivity contribution in [1.82, 2.24) is 9.97 Å². The number of aromatic nitrogens is 2. The summed E-state index contributed by atoms with van der Waals surface area (Å²) < 4.78 is 10.5. The van der Waals surface area contributed by atoms with Gasteiger partial charge in [-0.2, -0.15) is 0 Å². The average molecular weight is 423 g/mol. The van der Waals surface area contributed by atoms with E-state index in [9.17, 15) is 9.59 Å². The Kier molecular flexibility index (Phi) is 6.68. The van der Waals surface area contributed by atoms with Crippen molar-refractivity contribution < 1.29 is 19.1 Å². The van der Waals surface area contributed by atoms with E-state index in [-0.39, 0.29) is 17.9 Å². The average Bonchev–Trinajstić information content (AvgIpc) is 3.21. The van der Waals surface area contributed by atoms with Crippen LogP contribution in [-0.2, 0) is 9.47 Å². The number of hydrogen-bond donors (Lipinski definition) is 2. The number of H-pyrrole nitrogens is 2. The molecule has 164 valence electrons. The van der Waals surface area contributed by atoms with Crippen molar-refractivity contribution in [2.45, 2.75) is 47.5 Å². The predicted octanol–water partition coefficient (Wildman–Crippen LogP) is 5.11. The molecule has 0 atom stereocenters. The molecule has 3 aromatic rings. The molecule has 2 heterocycles. The number of hydrogen-bond acceptors (Lipinski definition) is 4. The van der Waals surface area contributed by atoms with Crippen LogP contribution in [0.2, 0.25) is 0 Å². The first-order chi connectivity index (χ1) is 14.8. The van der Waals surface area contributed by atoms with Gasteiger partial charge in [0.25, 0.3) is 0 Å². The molecule has 0 spiro atoms. The zero-order valence-electron chi connectivity index (χ0n) is 19.0. The molecule has 0 unspecified atom stereocenters. The van der Waals surface area contributed by atoms with Gasteiger partial charge < -0.3 is 19.4 Å². The highest BCUT2D eigenvalue weighted by molar-refractivity contribution is 5.91. The number of esters is 2. The molecular formula is C25H30N2O4. The van der Waals surface area contributed by atoms with Gasteiger partial charge in [-0.3, -0.25) is 0 Å². The van der Waals surface area contributed by atoms with Crippen molar-refractivity contribution in [3.63, 3.8) is 0 Å². The summed E-state index contributed by atoms with van der Waals surface area (Å²) in [6.07, 6.45) is 0. The summed E-state index contributed by atoms with van der Waals surface area (Å²) in [6, 6.07) is 10.0. The maximum Gasteiger partial charge on any atom is 0.355 e. The molecule has 0 radical (unpaired) electrons. The zero-order valence-corrected chi connectivity index (χ0v) is 19.0. The fourth-order valence-corrected chi connectivity index (χ4v) is 3.94. The third-order valence-corrected chi connectivity index (χ3v) is 5.87. The summed E-state index contributed by atoms with van der Waals surface area (Å²) in [4.78, 5) is 31.6. The van der Waals surface area contributed by atoms with E-state index >= 15 is 0 Å². The summed E-state index contributed by atoms with van der Waals surface area (Å²) >= 11 is 0. The third-order valence-electron chi connectivity index (χ3n) is 5.87. The predicted molar refractivity (Wildman–Crippen MR) is 120 cm³/mol. The Hall–Kier alpha value is -3.28.